The van der Waals surface area contributed by atoms with Crippen molar-refractivity contribution in [2.24, 2.45) is 0 Å². The highest BCUT2D eigenvalue weighted by Crippen LogP contribution is 2.34. The van der Waals surface area contributed by atoms with Gasteiger partial charge < -0.3 is 4.90 Å². The van der Waals surface area contributed by atoms with Gasteiger partial charge in [0.2, 0.25) is 0 Å². The van der Waals surface area contributed by atoms with Crippen molar-refractivity contribution in [2.45, 2.75) is 26.4 Å². The molecule has 1 heterocycles. The molecule has 0 aliphatic heterocycles. The van der Waals surface area contributed by atoms with Gasteiger partial charge in [0.25, 0.3) is 11.6 Å². The number of nitrogens with zero attached hydrogens (tertiary/aromatic N) is 2. The van der Waals surface area contributed by atoms with Crippen LogP contribution in [0, 0.1) is 10.1 Å². The zero-order chi connectivity index (χ0) is 16.3. The number of hydrogen-bond acceptors (Lipinski definition) is 4. The third-order valence-electron chi connectivity index (χ3n) is 3.16. The van der Waals surface area contributed by atoms with Crippen molar-refractivity contribution >= 4 is 34.5 Å². The van der Waals surface area contributed by atoms with Crippen LogP contribution in [0.25, 0.3) is 0 Å². The summed E-state index contributed by atoms with van der Waals surface area (Å²) in [7, 11) is 0. The number of halogens is 1. The fraction of sp³-hybridized carbons (Fsp3) is 0.267. The topological polar surface area (TPSA) is 63.5 Å². The molecule has 0 spiro atoms. The summed E-state index contributed by atoms with van der Waals surface area (Å²) >= 11 is 6.77. The molecule has 0 aliphatic carbocycles. The predicted molar refractivity (Wildman–Crippen MR) is 87.4 cm³/mol. The molecule has 1 aromatic carbocycles. The molecule has 0 saturated carbocycles. The highest BCUT2D eigenvalue weighted by Gasteiger charge is 2.26. The van der Waals surface area contributed by atoms with Gasteiger partial charge in [0.15, 0.2) is 4.34 Å². The number of rotatable bonds is 5. The summed E-state index contributed by atoms with van der Waals surface area (Å²) in [4.78, 5) is 24.9. The number of carbonyl (C=O) groups is 1. The summed E-state index contributed by atoms with van der Waals surface area (Å²) in [6.45, 7) is 4.26. The average molecular weight is 339 g/mol. The van der Waals surface area contributed by atoms with Crippen molar-refractivity contribution < 1.29 is 9.72 Å². The fourth-order valence-corrected chi connectivity index (χ4v) is 3.18. The molecule has 0 saturated heterocycles. The Morgan fingerprint density at radius 1 is 1.36 bits per heavy atom. The smallest absolute Gasteiger partial charge is 0.299 e. The first-order valence-corrected chi connectivity index (χ1v) is 7.88. The Kier molecular flexibility index (Phi) is 5.15. The first-order chi connectivity index (χ1) is 10.4. The summed E-state index contributed by atoms with van der Waals surface area (Å²) in [5.74, 6) is -0.251. The molecule has 0 bridgehead atoms. The Hall–Kier alpha value is -1.92. The third-order valence-corrected chi connectivity index (χ3v) is 4.48. The standard InChI is InChI=1S/C15H15ClN2O3S/c1-10(2)17(9-11-6-4-3-5-7-11)15(19)13-8-12(18(20)21)14(16)22-13/h3-8,10H,9H2,1-2H3. The number of carbonyl (C=O) groups excluding carboxylic acids is 1. The molecule has 0 atom stereocenters. The maximum Gasteiger partial charge on any atom is 0.299 e. The molecule has 2 aromatic rings. The van der Waals surface area contributed by atoms with Crippen LogP contribution >= 0.6 is 22.9 Å². The number of hydrogen-bond donors (Lipinski definition) is 0. The van der Waals surface area contributed by atoms with E-state index in [0.29, 0.717) is 6.54 Å². The third kappa shape index (κ3) is 3.64. The van der Waals surface area contributed by atoms with Gasteiger partial charge in [-0.25, -0.2) is 0 Å². The van der Waals surface area contributed by atoms with Gasteiger partial charge in [0.1, 0.15) is 4.88 Å². The van der Waals surface area contributed by atoms with Crippen molar-refractivity contribution in [3.8, 4) is 0 Å². The predicted octanol–water partition coefficient (Wildman–Crippen LogP) is 4.36. The summed E-state index contributed by atoms with van der Waals surface area (Å²) in [5.41, 5.74) is 0.778. The molecule has 1 aromatic heterocycles. The van der Waals surface area contributed by atoms with Gasteiger partial charge in [0, 0.05) is 18.7 Å². The normalized spacial score (nSPS) is 10.7. The Morgan fingerprint density at radius 3 is 2.50 bits per heavy atom. The van der Waals surface area contributed by atoms with Crippen LogP contribution in [0.2, 0.25) is 4.34 Å². The largest absolute Gasteiger partial charge is 0.331 e. The minimum atomic E-state index is -0.577. The van der Waals surface area contributed by atoms with E-state index in [2.05, 4.69) is 0 Å². The molecule has 0 N–H and O–H groups in total. The molecule has 0 unspecified atom stereocenters. The van der Waals surface area contributed by atoms with Gasteiger partial charge in [-0.1, -0.05) is 41.9 Å². The van der Waals surface area contributed by atoms with Crippen molar-refractivity contribution in [3.63, 3.8) is 0 Å². The van der Waals surface area contributed by atoms with Crippen LogP contribution in [0.3, 0.4) is 0 Å². The van der Waals surface area contributed by atoms with Gasteiger partial charge in [-0.15, -0.1) is 11.3 Å². The summed E-state index contributed by atoms with van der Waals surface area (Å²) < 4.78 is 0.0248. The zero-order valence-corrected chi connectivity index (χ0v) is 13.7. The molecule has 116 valence electrons. The number of amides is 1. The minimum absolute atomic E-state index is 0.0248. The maximum absolute atomic E-state index is 12.6. The Balaban J connectivity index is 2.27. The van der Waals surface area contributed by atoms with Gasteiger partial charge in [0.05, 0.1) is 4.92 Å². The van der Waals surface area contributed by atoms with Crippen LogP contribution in [0.5, 0.6) is 0 Å². The number of thiophene rings is 1. The molecule has 1 amide bonds. The van der Waals surface area contributed by atoms with Crippen LogP contribution in [0.15, 0.2) is 36.4 Å². The van der Waals surface area contributed by atoms with Crippen molar-refractivity contribution in [3.05, 3.63) is 61.3 Å². The Bertz CT molecular complexity index is 685. The zero-order valence-electron chi connectivity index (χ0n) is 12.2. The lowest BCUT2D eigenvalue weighted by Gasteiger charge is -2.26. The van der Waals surface area contributed by atoms with Crippen LogP contribution in [0.1, 0.15) is 29.1 Å². The first kappa shape index (κ1) is 16.5. The highest BCUT2D eigenvalue weighted by atomic mass is 35.5. The quantitative estimate of drug-likeness (QED) is 0.601. The van der Waals surface area contributed by atoms with Gasteiger partial charge in [-0.05, 0) is 19.4 Å². The summed E-state index contributed by atoms with van der Waals surface area (Å²) in [5, 5.41) is 10.9. The lowest BCUT2D eigenvalue weighted by atomic mass is 10.2. The van der Waals surface area contributed by atoms with Crippen molar-refractivity contribution in [1.82, 2.24) is 4.90 Å². The van der Waals surface area contributed by atoms with Crippen molar-refractivity contribution in [1.29, 1.82) is 0 Å². The van der Waals surface area contributed by atoms with Crippen LogP contribution in [-0.2, 0) is 6.54 Å². The summed E-state index contributed by atoms with van der Waals surface area (Å²) in [6.07, 6.45) is 0. The second-order valence-corrected chi connectivity index (χ2v) is 6.69. The molecule has 7 heteroatoms. The van der Waals surface area contributed by atoms with E-state index in [9.17, 15) is 14.9 Å². The molecular formula is C15H15ClN2O3S. The number of nitro groups is 1. The Morgan fingerprint density at radius 2 is 2.00 bits per heavy atom. The van der Waals surface area contributed by atoms with E-state index < -0.39 is 4.92 Å². The van der Waals surface area contributed by atoms with E-state index in [4.69, 9.17) is 11.6 Å². The van der Waals surface area contributed by atoms with Crippen LogP contribution in [-0.4, -0.2) is 21.8 Å². The lowest BCUT2D eigenvalue weighted by molar-refractivity contribution is -0.384. The molecule has 0 fully saturated rings. The maximum atomic E-state index is 12.6. The summed E-state index contributed by atoms with van der Waals surface area (Å²) in [6, 6.07) is 10.8. The first-order valence-electron chi connectivity index (χ1n) is 6.68. The lowest BCUT2D eigenvalue weighted by Crippen LogP contribution is -2.35. The van der Waals surface area contributed by atoms with E-state index in [1.807, 2.05) is 44.2 Å². The SMILES string of the molecule is CC(C)N(Cc1ccccc1)C(=O)c1cc([N+](=O)[O-])c(Cl)s1. The van der Waals surface area contributed by atoms with Crippen molar-refractivity contribution in [2.75, 3.05) is 0 Å². The minimum Gasteiger partial charge on any atom is -0.331 e. The molecule has 22 heavy (non-hydrogen) atoms. The van der Waals surface area contributed by atoms with Gasteiger partial charge in [-0.3, -0.25) is 14.9 Å². The second kappa shape index (κ2) is 6.89. The van der Waals surface area contributed by atoms with E-state index in [-0.39, 0.29) is 26.8 Å². The fourth-order valence-electron chi connectivity index (χ4n) is 2.00. The molecule has 5 nitrogen and oxygen atoms in total. The molecular weight excluding hydrogens is 324 g/mol. The number of benzene rings is 1. The highest BCUT2D eigenvalue weighted by molar-refractivity contribution is 7.18. The Labute approximate surface area is 137 Å². The van der Waals surface area contributed by atoms with E-state index in [0.717, 1.165) is 16.9 Å². The van der Waals surface area contributed by atoms with Gasteiger partial charge in [-0.2, -0.15) is 0 Å². The van der Waals surface area contributed by atoms with Crippen LogP contribution in [0.4, 0.5) is 5.69 Å². The average Bonchev–Trinajstić information content (AvgIpc) is 2.87. The van der Waals surface area contributed by atoms with E-state index >= 15 is 0 Å². The molecule has 2 rings (SSSR count). The van der Waals surface area contributed by atoms with E-state index in [1.165, 1.54) is 6.07 Å². The van der Waals surface area contributed by atoms with Gasteiger partial charge >= 0.3 is 0 Å². The second-order valence-electron chi connectivity index (χ2n) is 5.04. The monoisotopic (exact) mass is 338 g/mol. The van der Waals surface area contributed by atoms with E-state index in [1.54, 1.807) is 4.90 Å². The molecule has 0 aliphatic rings. The molecule has 0 radical (unpaired) electrons. The van der Waals surface area contributed by atoms with Crippen LogP contribution < -0.4 is 0 Å².